The van der Waals surface area contributed by atoms with Gasteiger partial charge < -0.3 is 16.2 Å². The molecule has 2 rings (SSSR count). The van der Waals surface area contributed by atoms with Gasteiger partial charge in [0.05, 0.1) is 0 Å². The van der Waals surface area contributed by atoms with Gasteiger partial charge in [-0.3, -0.25) is 4.79 Å². The Morgan fingerprint density at radius 3 is 2.55 bits per heavy atom. The number of nitrogens with two attached hydrogens (primary N) is 1. The summed E-state index contributed by atoms with van der Waals surface area (Å²) in [6.45, 7) is 0.369. The number of carboxylic acids is 1. The highest BCUT2D eigenvalue weighted by Gasteiger charge is 2.24. The summed E-state index contributed by atoms with van der Waals surface area (Å²) >= 11 is 0. The van der Waals surface area contributed by atoms with E-state index in [4.69, 9.17) is 10.8 Å². The molecule has 0 atom stereocenters. The van der Waals surface area contributed by atoms with Crippen LogP contribution in [0.15, 0.2) is 18.3 Å². The fourth-order valence-electron chi connectivity index (χ4n) is 2.37. The molecule has 108 valence electrons. The molecule has 6 heteroatoms. The Hall–Kier alpha value is -1.95. The molecule has 1 aromatic heterocycles. The van der Waals surface area contributed by atoms with Crippen molar-refractivity contribution in [3.05, 3.63) is 29.6 Å². The molecule has 20 heavy (non-hydrogen) atoms. The second kappa shape index (κ2) is 6.47. The van der Waals surface area contributed by atoms with Gasteiger partial charge in [0.15, 0.2) is 0 Å². The van der Waals surface area contributed by atoms with E-state index < -0.39 is 5.97 Å². The summed E-state index contributed by atoms with van der Waals surface area (Å²) in [6, 6.07) is 3.32. The average Bonchev–Trinajstić information content (AvgIpc) is 2.46. The first-order chi connectivity index (χ1) is 9.56. The van der Waals surface area contributed by atoms with Crippen LogP contribution in [-0.2, 0) is 11.3 Å². The van der Waals surface area contributed by atoms with Crippen molar-refractivity contribution in [1.82, 2.24) is 10.3 Å². The van der Waals surface area contributed by atoms with Crippen molar-refractivity contribution in [3.63, 3.8) is 0 Å². The van der Waals surface area contributed by atoms with Crippen LogP contribution in [0.5, 0.6) is 0 Å². The van der Waals surface area contributed by atoms with Gasteiger partial charge in [-0.15, -0.1) is 0 Å². The zero-order valence-electron chi connectivity index (χ0n) is 11.2. The standard InChI is InChI=1S/C14H19N3O3/c15-11-4-2-10(3-5-11)13(18)17-8-9-1-6-12(14(19)20)16-7-9/h1,6-7,10-11H,2-5,8,15H2,(H,17,18)(H,19,20). The number of pyridine rings is 1. The number of carboxylic acid groups (broad SMARTS) is 1. The lowest BCUT2D eigenvalue weighted by Gasteiger charge is -2.25. The third kappa shape index (κ3) is 3.77. The molecule has 1 amide bonds. The molecule has 1 aliphatic rings. The Morgan fingerprint density at radius 2 is 2.00 bits per heavy atom. The predicted octanol–water partition coefficient (Wildman–Crippen LogP) is 0.913. The highest BCUT2D eigenvalue weighted by Crippen LogP contribution is 2.23. The molecule has 0 aliphatic heterocycles. The number of nitrogens with zero attached hydrogens (tertiary/aromatic N) is 1. The molecule has 1 aromatic rings. The topological polar surface area (TPSA) is 105 Å². The van der Waals surface area contributed by atoms with E-state index >= 15 is 0 Å². The van der Waals surface area contributed by atoms with Crippen molar-refractivity contribution in [2.75, 3.05) is 0 Å². The van der Waals surface area contributed by atoms with Crippen LogP contribution in [0, 0.1) is 5.92 Å². The lowest BCUT2D eigenvalue weighted by molar-refractivity contribution is -0.126. The number of hydrogen-bond acceptors (Lipinski definition) is 4. The molecular formula is C14H19N3O3. The molecule has 0 unspecified atom stereocenters. The van der Waals surface area contributed by atoms with Gasteiger partial charge in [-0.25, -0.2) is 9.78 Å². The van der Waals surface area contributed by atoms with Crippen LogP contribution in [0.4, 0.5) is 0 Å². The monoisotopic (exact) mass is 277 g/mol. The molecule has 0 spiro atoms. The van der Waals surface area contributed by atoms with Crippen molar-refractivity contribution in [3.8, 4) is 0 Å². The zero-order chi connectivity index (χ0) is 14.5. The van der Waals surface area contributed by atoms with Gasteiger partial charge in [0.25, 0.3) is 0 Å². The maximum absolute atomic E-state index is 12.0. The van der Waals surface area contributed by atoms with E-state index in [1.165, 1.54) is 12.3 Å². The van der Waals surface area contributed by atoms with Gasteiger partial charge >= 0.3 is 5.97 Å². The molecule has 1 saturated carbocycles. The van der Waals surface area contributed by atoms with E-state index in [0.717, 1.165) is 31.2 Å². The Balaban J connectivity index is 1.82. The maximum Gasteiger partial charge on any atom is 0.354 e. The molecule has 0 bridgehead atoms. The van der Waals surface area contributed by atoms with Crippen molar-refractivity contribution in [2.24, 2.45) is 11.7 Å². The minimum Gasteiger partial charge on any atom is -0.477 e. The summed E-state index contributed by atoms with van der Waals surface area (Å²) in [5.74, 6) is -0.973. The van der Waals surface area contributed by atoms with Gasteiger partial charge in [0.1, 0.15) is 5.69 Å². The summed E-state index contributed by atoms with van der Waals surface area (Å²) in [5.41, 5.74) is 6.60. The number of aromatic carboxylic acids is 1. The largest absolute Gasteiger partial charge is 0.477 e. The summed E-state index contributed by atoms with van der Waals surface area (Å²) in [5, 5.41) is 11.6. The first kappa shape index (κ1) is 14.5. The average molecular weight is 277 g/mol. The Morgan fingerprint density at radius 1 is 1.30 bits per heavy atom. The second-order valence-corrected chi connectivity index (χ2v) is 5.19. The van der Waals surface area contributed by atoms with Crippen LogP contribution < -0.4 is 11.1 Å². The van der Waals surface area contributed by atoms with Crippen LogP contribution in [0.1, 0.15) is 41.7 Å². The third-order valence-corrected chi connectivity index (χ3v) is 3.65. The van der Waals surface area contributed by atoms with Gasteiger partial charge in [0, 0.05) is 24.7 Å². The van der Waals surface area contributed by atoms with Crippen molar-refractivity contribution in [2.45, 2.75) is 38.3 Å². The normalized spacial score (nSPS) is 22.2. The van der Waals surface area contributed by atoms with Crippen molar-refractivity contribution >= 4 is 11.9 Å². The Kier molecular flexibility index (Phi) is 4.68. The zero-order valence-corrected chi connectivity index (χ0v) is 11.2. The Bertz CT molecular complexity index is 479. The highest BCUT2D eigenvalue weighted by molar-refractivity contribution is 5.85. The van der Waals surface area contributed by atoms with Gasteiger partial charge in [0.2, 0.25) is 5.91 Å². The van der Waals surface area contributed by atoms with E-state index in [9.17, 15) is 9.59 Å². The minimum atomic E-state index is -1.06. The molecule has 4 N–H and O–H groups in total. The van der Waals surface area contributed by atoms with E-state index in [1.807, 2.05) is 0 Å². The SMILES string of the molecule is NC1CCC(C(=O)NCc2ccc(C(=O)O)nc2)CC1. The summed E-state index contributed by atoms with van der Waals surface area (Å²) < 4.78 is 0. The van der Waals surface area contributed by atoms with Gasteiger partial charge in [-0.2, -0.15) is 0 Å². The lowest BCUT2D eigenvalue weighted by atomic mass is 9.86. The first-order valence-corrected chi connectivity index (χ1v) is 6.78. The van der Waals surface area contributed by atoms with E-state index in [0.29, 0.717) is 6.54 Å². The number of nitrogens with one attached hydrogen (secondary N) is 1. The maximum atomic E-state index is 12.0. The second-order valence-electron chi connectivity index (χ2n) is 5.19. The summed E-state index contributed by atoms with van der Waals surface area (Å²) in [7, 11) is 0. The molecular weight excluding hydrogens is 258 g/mol. The number of aromatic nitrogens is 1. The molecule has 0 radical (unpaired) electrons. The van der Waals surface area contributed by atoms with Crippen LogP contribution >= 0.6 is 0 Å². The number of carbonyl (C=O) groups is 2. The Labute approximate surface area is 117 Å². The smallest absolute Gasteiger partial charge is 0.354 e. The van der Waals surface area contributed by atoms with Gasteiger partial charge in [-0.1, -0.05) is 6.07 Å². The predicted molar refractivity (Wildman–Crippen MR) is 73.0 cm³/mol. The third-order valence-electron chi connectivity index (χ3n) is 3.65. The minimum absolute atomic E-state index is 0.00125. The molecule has 0 aromatic carbocycles. The quantitative estimate of drug-likeness (QED) is 0.758. The molecule has 0 saturated heterocycles. The van der Waals surface area contributed by atoms with Crippen LogP contribution in [0.25, 0.3) is 0 Å². The molecule has 6 nitrogen and oxygen atoms in total. The fraction of sp³-hybridized carbons (Fsp3) is 0.500. The number of carbonyl (C=O) groups excluding carboxylic acids is 1. The molecule has 1 fully saturated rings. The van der Waals surface area contributed by atoms with E-state index in [1.54, 1.807) is 6.07 Å². The van der Waals surface area contributed by atoms with Crippen LogP contribution in [-0.4, -0.2) is 28.0 Å². The first-order valence-electron chi connectivity index (χ1n) is 6.78. The highest BCUT2D eigenvalue weighted by atomic mass is 16.4. The number of rotatable bonds is 4. The molecule has 1 aliphatic carbocycles. The summed E-state index contributed by atoms with van der Waals surface area (Å²) in [4.78, 5) is 26.5. The van der Waals surface area contributed by atoms with Gasteiger partial charge in [-0.05, 0) is 37.3 Å². The number of amides is 1. The van der Waals surface area contributed by atoms with Crippen molar-refractivity contribution < 1.29 is 14.7 Å². The van der Waals surface area contributed by atoms with E-state index in [2.05, 4.69) is 10.3 Å². The van der Waals surface area contributed by atoms with Crippen molar-refractivity contribution in [1.29, 1.82) is 0 Å². The van der Waals surface area contributed by atoms with Crippen LogP contribution in [0.2, 0.25) is 0 Å². The van der Waals surface area contributed by atoms with E-state index in [-0.39, 0.29) is 23.6 Å². The van der Waals surface area contributed by atoms with Crippen LogP contribution in [0.3, 0.4) is 0 Å². The summed E-state index contributed by atoms with van der Waals surface area (Å²) in [6.07, 6.45) is 4.94. The fourth-order valence-corrected chi connectivity index (χ4v) is 2.37. The molecule has 1 heterocycles. The lowest BCUT2D eigenvalue weighted by Crippen LogP contribution is -2.35. The number of hydrogen-bond donors (Lipinski definition) is 3.